The molecule has 1 saturated heterocycles. The van der Waals surface area contributed by atoms with Gasteiger partial charge in [0.15, 0.2) is 5.69 Å². The van der Waals surface area contributed by atoms with Gasteiger partial charge in [-0.25, -0.2) is 8.78 Å². The number of rotatable bonds is 4. The summed E-state index contributed by atoms with van der Waals surface area (Å²) in [5.74, 6) is -0.653. The van der Waals surface area contributed by atoms with Crippen molar-refractivity contribution >= 4 is 5.91 Å². The zero-order valence-electron chi connectivity index (χ0n) is 18.9. The van der Waals surface area contributed by atoms with Gasteiger partial charge in [-0.15, -0.1) is 0 Å². The topological polar surface area (TPSA) is 46.3 Å². The normalized spacial score (nSPS) is 23.5. The number of fused-ring (bicyclic) bond motifs is 3. The van der Waals surface area contributed by atoms with Crippen molar-refractivity contribution in [3.05, 3.63) is 88.6 Å². The Morgan fingerprint density at radius 1 is 1.14 bits per heavy atom. The average molecular weight is 490 g/mol. The minimum Gasteiger partial charge on any atom is -0.364 e. The van der Waals surface area contributed by atoms with Crippen molar-refractivity contribution in [2.45, 2.75) is 43.4 Å². The number of hydrogen-bond acceptors (Lipinski definition) is 3. The number of halogens is 5. The fourth-order valence-corrected chi connectivity index (χ4v) is 5.62. The fourth-order valence-electron chi connectivity index (χ4n) is 5.62. The van der Waals surface area contributed by atoms with Gasteiger partial charge in [0, 0.05) is 24.6 Å². The molecule has 3 unspecified atom stereocenters. The van der Waals surface area contributed by atoms with Crippen LogP contribution in [0.25, 0.3) is 0 Å². The van der Waals surface area contributed by atoms with Gasteiger partial charge in [0.25, 0.3) is 5.91 Å². The number of alkyl halides is 4. The smallest absolute Gasteiger partial charge is 0.364 e. The molecule has 5 rings (SSSR count). The molecule has 1 aliphatic heterocycles. The van der Waals surface area contributed by atoms with Crippen molar-refractivity contribution in [3.8, 4) is 0 Å². The summed E-state index contributed by atoms with van der Waals surface area (Å²) in [6.07, 6.45) is -2.18. The van der Waals surface area contributed by atoms with Gasteiger partial charge in [-0.2, -0.15) is 13.2 Å². The van der Waals surface area contributed by atoms with Crippen LogP contribution < -0.4 is 0 Å². The second kappa shape index (κ2) is 8.17. The maximum absolute atomic E-state index is 14.7. The van der Waals surface area contributed by atoms with Crippen LogP contribution in [0, 0.1) is 11.7 Å². The van der Waals surface area contributed by atoms with E-state index >= 15 is 0 Å². The van der Waals surface area contributed by atoms with Crippen LogP contribution in [0.4, 0.5) is 22.0 Å². The third-order valence-electron chi connectivity index (χ3n) is 7.55. The highest BCUT2D eigenvalue weighted by molar-refractivity contribution is 5.92. The lowest BCUT2D eigenvalue weighted by Gasteiger charge is -2.41. The Morgan fingerprint density at radius 2 is 1.89 bits per heavy atom. The third-order valence-corrected chi connectivity index (χ3v) is 7.55. The molecular weight excluding hydrogens is 467 g/mol. The number of carbonyl (C=O) groups is 1. The molecule has 1 fully saturated rings. The minimum absolute atomic E-state index is 0.0149. The Balaban J connectivity index is 1.58. The first-order valence-electron chi connectivity index (χ1n) is 11.3. The average Bonchev–Trinajstić information content (AvgIpc) is 3.47. The molecule has 2 aromatic carbocycles. The predicted octanol–water partition coefficient (Wildman–Crippen LogP) is 5.76. The van der Waals surface area contributed by atoms with Crippen molar-refractivity contribution in [2.24, 2.45) is 5.92 Å². The molecule has 35 heavy (non-hydrogen) atoms. The number of aromatic nitrogens is 1. The minimum atomic E-state index is -5.04. The van der Waals surface area contributed by atoms with Crippen LogP contribution in [-0.4, -0.2) is 35.2 Å². The van der Waals surface area contributed by atoms with Gasteiger partial charge in [0.05, 0.1) is 0 Å². The van der Waals surface area contributed by atoms with Crippen LogP contribution >= 0.6 is 0 Å². The molecule has 2 aliphatic rings. The third kappa shape index (κ3) is 3.90. The Hall–Kier alpha value is -3.23. The van der Waals surface area contributed by atoms with E-state index in [1.54, 1.807) is 23.1 Å². The van der Waals surface area contributed by atoms with Crippen LogP contribution in [0.15, 0.2) is 59.3 Å². The number of benzene rings is 2. The van der Waals surface area contributed by atoms with Gasteiger partial charge in [-0.3, -0.25) is 4.79 Å². The fraction of sp³-hybridized carbons (Fsp3) is 0.385. The van der Waals surface area contributed by atoms with Crippen LogP contribution in [0.3, 0.4) is 0 Å². The van der Waals surface area contributed by atoms with Crippen molar-refractivity contribution < 1.29 is 31.3 Å². The molecule has 0 spiro atoms. The van der Waals surface area contributed by atoms with E-state index in [4.69, 9.17) is 4.52 Å². The molecule has 3 aromatic rings. The summed E-state index contributed by atoms with van der Waals surface area (Å²) >= 11 is 0. The molecule has 9 heteroatoms. The Morgan fingerprint density at radius 3 is 2.54 bits per heavy atom. The Labute approximate surface area is 198 Å². The lowest BCUT2D eigenvalue weighted by molar-refractivity contribution is -0.228. The monoisotopic (exact) mass is 490 g/mol. The quantitative estimate of drug-likeness (QED) is 0.437. The van der Waals surface area contributed by atoms with E-state index in [1.165, 1.54) is 36.6 Å². The van der Waals surface area contributed by atoms with E-state index in [2.05, 4.69) is 5.16 Å². The zero-order valence-corrected chi connectivity index (χ0v) is 18.9. The first kappa shape index (κ1) is 23.5. The summed E-state index contributed by atoms with van der Waals surface area (Å²) in [5, 5.41) is 3.74. The first-order valence-corrected chi connectivity index (χ1v) is 11.3. The van der Waals surface area contributed by atoms with E-state index in [1.807, 2.05) is 0 Å². The van der Waals surface area contributed by atoms with Gasteiger partial charge in [0.2, 0.25) is 5.67 Å². The Kier molecular flexibility index (Phi) is 5.49. The van der Waals surface area contributed by atoms with E-state index in [0.29, 0.717) is 44.8 Å². The van der Waals surface area contributed by atoms with Gasteiger partial charge < -0.3 is 9.42 Å². The van der Waals surface area contributed by atoms with E-state index < -0.39 is 22.8 Å². The maximum atomic E-state index is 14.7. The van der Waals surface area contributed by atoms with Crippen LogP contribution in [-0.2, 0) is 23.9 Å². The first-order chi connectivity index (χ1) is 16.5. The standard InChI is InChI=1S/C26H23F5N2O2/c1-24(28,26(29,30)31)18-6-9-21-17(12-18)4-5-19-14-33(23(34)22-10-11-35-32-22)15-25(19,21)13-16-2-7-20(27)8-3-16/h2-3,6-12,19H,4-5,13-15H2,1H3. The van der Waals surface area contributed by atoms with Crippen molar-refractivity contribution in [1.82, 2.24) is 10.1 Å². The molecule has 2 heterocycles. The highest BCUT2D eigenvalue weighted by Gasteiger charge is 2.55. The lowest BCUT2D eigenvalue weighted by atomic mass is 9.62. The van der Waals surface area contributed by atoms with Gasteiger partial charge >= 0.3 is 6.18 Å². The number of amides is 1. The van der Waals surface area contributed by atoms with E-state index in [-0.39, 0.29) is 23.3 Å². The maximum Gasteiger partial charge on any atom is 0.426 e. The van der Waals surface area contributed by atoms with Crippen molar-refractivity contribution in [1.29, 1.82) is 0 Å². The molecule has 0 bridgehead atoms. The molecular formula is C26H23F5N2O2. The highest BCUT2D eigenvalue weighted by Crippen LogP contribution is 2.51. The summed E-state index contributed by atoms with van der Waals surface area (Å²) < 4.78 is 73.2. The molecule has 3 atom stereocenters. The number of carbonyl (C=O) groups excluding carboxylic acids is 1. The zero-order chi connectivity index (χ0) is 25.0. The highest BCUT2D eigenvalue weighted by atomic mass is 19.4. The Bertz CT molecular complexity index is 1240. The SMILES string of the molecule is CC(F)(c1ccc2c(c1)CCC1CN(C(=O)c3ccon3)CC21Cc1ccc(F)cc1)C(F)(F)F. The number of aryl methyl sites for hydroxylation is 1. The van der Waals surface area contributed by atoms with E-state index in [0.717, 1.165) is 11.1 Å². The largest absolute Gasteiger partial charge is 0.426 e. The number of nitrogens with zero attached hydrogens (tertiary/aromatic N) is 2. The summed E-state index contributed by atoms with van der Waals surface area (Å²) in [6.45, 7) is 1.28. The molecule has 1 aliphatic carbocycles. The second-order valence-electron chi connectivity index (χ2n) is 9.64. The summed E-state index contributed by atoms with van der Waals surface area (Å²) in [6, 6.07) is 11.6. The van der Waals surface area contributed by atoms with Crippen LogP contribution in [0.1, 0.15) is 46.1 Å². The van der Waals surface area contributed by atoms with E-state index in [9.17, 15) is 26.7 Å². The molecule has 0 saturated carbocycles. The summed E-state index contributed by atoms with van der Waals surface area (Å²) in [4.78, 5) is 14.8. The molecule has 184 valence electrons. The van der Waals surface area contributed by atoms with Crippen LogP contribution in [0.2, 0.25) is 0 Å². The van der Waals surface area contributed by atoms with Gasteiger partial charge in [-0.05, 0) is 66.5 Å². The number of likely N-dealkylation sites (tertiary alicyclic amines) is 1. The summed E-state index contributed by atoms with van der Waals surface area (Å²) in [5.41, 5.74) is -2.07. The van der Waals surface area contributed by atoms with Gasteiger partial charge in [-0.1, -0.05) is 35.5 Å². The lowest BCUT2D eigenvalue weighted by Crippen LogP contribution is -2.42. The van der Waals surface area contributed by atoms with Crippen molar-refractivity contribution in [3.63, 3.8) is 0 Å². The molecule has 1 aromatic heterocycles. The predicted molar refractivity (Wildman–Crippen MR) is 117 cm³/mol. The molecule has 4 nitrogen and oxygen atoms in total. The van der Waals surface area contributed by atoms with Crippen LogP contribution in [0.5, 0.6) is 0 Å². The molecule has 0 N–H and O–H groups in total. The summed E-state index contributed by atoms with van der Waals surface area (Å²) in [7, 11) is 0. The second-order valence-corrected chi connectivity index (χ2v) is 9.64. The van der Waals surface area contributed by atoms with Crippen molar-refractivity contribution in [2.75, 3.05) is 13.1 Å². The molecule has 1 amide bonds. The number of hydrogen-bond donors (Lipinski definition) is 0. The molecule has 0 radical (unpaired) electrons. The van der Waals surface area contributed by atoms with Gasteiger partial charge in [0.1, 0.15) is 12.1 Å².